The highest BCUT2D eigenvalue weighted by atomic mass is 16.4. The van der Waals surface area contributed by atoms with Crippen LogP contribution >= 0.6 is 0 Å². The molecule has 1 aliphatic carbocycles. The fourth-order valence-electron chi connectivity index (χ4n) is 3.95. The Morgan fingerprint density at radius 1 is 1.22 bits per heavy atom. The van der Waals surface area contributed by atoms with Crippen molar-refractivity contribution in [1.82, 2.24) is 0 Å². The van der Waals surface area contributed by atoms with Crippen LogP contribution in [-0.2, 0) is 11.2 Å². The van der Waals surface area contributed by atoms with Crippen molar-refractivity contribution in [3.63, 3.8) is 0 Å². The van der Waals surface area contributed by atoms with Crippen LogP contribution in [0.5, 0.6) is 0 Å². The van der Waals surface area contributed by atoms with Gasteiger partial charge in [-0.1, -0.05) is 12.2 Å². The topological polar surface area (TPSA) is 111 Å². The zero-order valence-corrected chi connectivity index (χ0v) is 15.7. The summed E-state index contributed by atoms with van der Waals surface area (Å²) in [4.78, 5) is 10.5. The summed E-state index contributed by atoms with van der Waals surface area (Å²) in [6.45, 7) is 0. The molecule has 4 N–H and O–H groups in total. The molecule has 1 heterocycles. The fraction of sp³-hybridized carbons (Fsp3) is 0.667. The van der Waals surface area contributed by atoms with Gasteiger partial charge < -0.3 is 24.8 Å². The molecule has 5 atom stereocenters. The second-order valence-corrected chi connectivity index (χ2v) is 7.59. The van der Waals surface area contributed by atoms with Gasteiger partial charge in [-0.3, -0.25) is 4.79 Å². The van der Waals surface area contributed by atoms with Gasteiger partial charge in [0.25, 0.3) is 0 Å². The summed E-state index contributed by atoms with van der Waals surface area (Å²) in [5.41, 5.74) is 1.07. The third-order valence-electron chi connectivity index (χ3n) is 5.54. The van der Waals surface area contributed by atoms with E-state index in [-0.39, 0.29) is 18.3 Å². The number of furan rings is 1. The first-order chi connectivity index (χ1) is 13.0. The molecule has 0 amide bonds. The monoisotopic (exact) mass is 380 g/mol. The first kappa shape index (κ1) is 21.7. The lowest BCUT2D eigenvalue weighted by molar-refractivity contribution is -0.137. The number of aliphatic hydroxyl groups is 3. The average molecular weight is 380 g/mol. The minimum absolute atomic E-state index is 0.0169. The van der Waals surface area contributed by atoms with Crippen molar-refractivity contribution in [2.24, 2.45) is 11.8 Å². The van der Waals surface area contributed by atoms with E-state index in [1.807, 2.05) is 18.2 Å². The Labute approximate surface area is 160 Å². The van der Waals surface area contributed by atoms with Crippen LogP contribution in [-0.4, -0.2) is 44.7 Å². The predicted octanol–water partition coefficient (Wildman–Crippen LogP) is 2.91. The molecule has 0 bridgehead atoms. The summed E-state index contributed by atoms with van der Waals surface area (Å²) < 4.78 is 5.02. The number of allylic oxidation sites excluding steroid dienone is 2. The van der Waals surface area contributed by atoms with Crippen molar-refractivity contribution in [3.05, 3.63) is 36.3 Å². The third-order valence-corrected chi connectivity index (χ3v) is 5.54. The quantitative estimate of drug-likeness (QED) is 0.328. The zero-order chi connectivity index (χ0) is 19.6. The number of hydrogen-bond acceptors (Lipinski definition) is 5. The molecule has 6 heteroatoms. The molecule has 1 aromatic heterocycles. The van der Waals surface area contributed by atoms with Gasteiger partial charge in [0, 0.05) is 6.42 Å². The molecule has 0 radical (unpaired) electrons. The summed E-state index contributed by atoms with van der Waals surface area (Å²) in [6, 6.07) is 1.89. The van der Waals surface area contributed by atoms with Crippen LogP contribution in [0.3, 0.4) is 0 Å². The van der Waals surface area contributed by atoms with Crippen LogP contribution < -0.4 is 0 Å². The highest BCUT2D eigenvalue weighted by molar-refractivity contribution is 5.66. The first-order valence-corrected chi connectivity index (χ1v) is 9.89. The summed E-state index contributed by atoms with van der Waals surface area (Å²) >= 11 is 0. The van der Waals surface area contributed by atoms with Gasteiger partial charge in [0.1, 0.15) is 0 Å². The smallest absolute Gasteiger partial charge is 0.303 e. The van der Waals surface area contributed by atoms with E-state index in [1.165, 1.54) is 0 Å². The van der Waals surface area contributed by atoms with E-state index in [4.69, 9.17) is 9.52 Å². The number of hydrogen-bond donors (Lipinski definition) is 4. The highest BCUT2D eigenvalue weighted by Crippen LogP contribution is 2.38. The third kappa shape index (κ3) is 7.48. The number of carboxylic acid groups (broad SMARTS) is 1. The molecule has 6 nitrogen and oxygen atoms in total. The molecule has 0 spiro atoms. The number of unbranched alkanes of at least 4 members (excludes halogenated alkanes) is 1. The number of aliphatic carboxylic acids is 1. The largest absolute Gasteiger partial charge is 0.481 e. The van der Waals surface area contributed by atoms with Crippen molar-refractivity contribution in [2.75, 3.05) is 0 Å². The molecular formula is C21H32O6. The van der Waals surface area contributed by atoms with Gasteiger partial charge in [0.2, 0.25) is 0 Å². The van der Waals surface area contributed by atoms with E-state index < -0.39 is 24.3 Å². The van der Waals surface area contributed by atoms with Crippen molar-refractivity contribution in [2.45, 2.75) is 76.1 Å². The Morgan fingerprint density at radius 3 is 2.70 bits per heavy atom. The molecule has 3 unspecified atom stereocenters. The maximum atomic E-state index is 10.5. The molecule has 0 aromatic carbocycles. The second kappa shape index (κ2) is 11.3. The molecule has 0 saturated heterocycles. The van der Waals surface area contributed by atoms with E-state index in [0.29, 0.717) is 44.9 Å². The van der Waals surface area contributed by atoms with Crippen LogP contribution in [0.2, 0.25) is 0 Å². The number of carbonyl (C=O) groups is 1. The molecule has 27 heavy (non-hydrogen) atoms. The van der Waals surface area contributed by atoms with Crippen LogP contribution in [0.25, 0.3) is 0 Å². The van der Waals surface area contributed by atoms with Crippen LogP contribution in [0.1, 0.15) is 56.9 Å². The maximum absolute atomic E-state index is 10.5. The molecule has 1 saturated carbocycles. The lowest BCUT2D eigenvalue weighted by atomic mass is 9.85. The number of aryl methyl sites for hydroxylation is 1. The minimum atomic E-state index is -0.788. The molecule has 1 fully saturated rings. The molecule has 1 aliphatic rings. The Balaban J connectivity index is 1.73. The highest BCUT2D eigenvalue weighted by Gasteiger charge is 2.40. The van der Waals surface area contributed by atoms with Gasteiger partial charge in [-0.25, -0.2) is 0 Å². The SMILES string of the molecule is O=C(O)CCCC=CC[C@H]1C(O)CC(O)[C@@H]1CCC(O)CCc1ccoc1. The van der Waals surface area contributed by atoms with Gasteiger partial charge in [0.05, 0.1) is 30.8 Å². The minimum Gasteiger partial charge on any atom is -0.481 e. The van der Waals surface area contributed by atoms with Gasteiger partial charge in [-0.15, -0.1) is 0 Å². The van der Waals surface area contributed by atoms with Crippen molar-refractivity contribution >= 4 is 5.97 Å². The Hall–Kier alpha value is -1.63. The van der Waals surface area contributed by atoms with E-state index >= 15 is 0 Å². The van der Waals surface area contributed by atoms with Crippen LogP contribution in [0.15, 0.2) is 35.2 Å². The van der Waals surface area contributed by atoms with Gasteiger partial charge >= 0.3 is 5.97 Å². The molecule has 152 valence electrons. The van der Waals surface area contributed by atoms with Gasteiger partial charge in [-0.2, -0.15) is 0 Å². The summed E-state index contributed by atoms with van der Waals surface area (Å²) in [5, 5.41) is 39.4. The lowest BCUT2D eigenvalue weighted by Crippen LogP contribution is -2.23. The van der Waals surface area contributed by atoms with E-state index in [0.717, 1.165) is 12.0 Å². The van der Waals surface area contributed by atoms with Gasteiger partial charge in [-0.05, 0) is 74.8 Å². The Bertz CT molecular complexity index is 567. The standard InChI is InChI=1S/C21H32O6/c22-16(8-7-15-11-12-27-14-15)9-10-18-17(19(23)13-20(18)24)5-3-1-2-4-6-21(25)26/h1,3,11-12,14,16-20,22-24H,2,4-10,13H2,(H,25,26)/t16?,17-,18-,19?,20?/m1/s1. The van der Waals surface area contributed by atoms with Crippen LogP contribution in [0, 0.1) is 11.8 Å². The normalized spacial score (nSPS) is 26.6. The Kier molecular flexibility index (Phi) is 9.04. The van der Waals surface area contributed by atoms with Crippen LogP contribution in [0.4, 0.5) is 0 Å². The lowest BCUT2D eigenvalue weighted by Gasteiger charge is -2.23. The average Bonchev–Trinajstić information content (AvgIpc) is 3.22. The molecule has 0 aliphatic heterocycles. The summed E-state index contributed by atoms with van der Waals surface area (Å²) in [7, 11) is 0. The predicted molar refractivity (Wildman–Crippen MR) is 101 cm³/mol. The summed E-state index contributed by atoms with van der Waals surface area (Å²) in [6.07, 6.45) is 11.0. The van der Waals surface area contributed by atoms with Crippen molar-refractivity contribution in [1.29, 1.82) is 0 Å². The van der Waals surface area contributed by atoms with Gasteiger partial charge in [0.15, 0.2) is 0 Å². The Morgan fingerprint density at radius 2 is 2.00 bits per heavy atom. The van der Waals surface area contributed by atoms with E-state index in [9.17, 15) is 20.1 Å². The number of carboxylic acids is 1. The first-order valence-electron chi connectivity index (χ1n) is 9.89. The summed E-state index contributed by atoms with van der Waals surface area (Å²) in [5.74, 6) is -0.826. The van der Waals surface area contributed by atoms with Crippen molar-refractivity contribution < 1.29 is 29.6 Å². The van der Waals surface area contributed by atoms with Crippen molar-refractivity contribution in [3.8, 4) is 0 Å². The second-order valence-electron chi connectivity index (χ2n) is 7.59. The zero-order valence-electron chi connectivity index (χ0n) is 15.7. The molecule has 2 rings (SSSR count). The number of rotatable bonds is 12. The van der Waals surface area contributed by atoms with E-state index in [2.05, 4.69) is 0 Å². The number of aliphatic hydroxyl groups excluding tert-OH is 3. The molecule has 1 aromatic rings. The fourth-order valence-corrected chi connectivity index (χ4v) is 3.95. The molecular weight excluding hydrogens is 348 g/mol. The van der Waals surface area contributed by atoms with E-state index in [1.54, 1.807) is 12.5 Å². The maximum Gasteiger partial charge on any atom is 0.303 e.